The number of halogens is 4. The number of anilines is 1. The fraction of sp³-hybridized carbons (Fsp3) is 0.433. The van der Waals surface area contributed by atoms with E-state index in [0.717, 1.165) is 12.1 Å². The van der Waals surface area contributed by atoms with Crippen molar-refractivity contribution in [2.45, 2.75) is 64.2 Å². The lowest BCUT2D eigenvalue weighted by atomic mass is 10.0. The number of alkyl halides is 4. The van der Waals surface area contributed by atoms with E-state index < -0.39 is 24.9 Å². The zero-order valence-electron chi connectivity index (χ0n) is 23.6. The number of fused-ring (bicyclic) bond motifs is 1. The highest BCUT2D eigenvalue weighted by molar-refractivity contribution is 7.13. The van der Waals surface area contributed by atoms with Gasteiger partial charge in [0.25, 0.3) is 5.91 Å². The van der Waals surface area contributed by atoms with Crippen molar-refractivity contribution >= 4 is 33.8 Å². The maximum Gasteiger partial charge on any atom is 0.406 e. The molecule has 5 rings (SSSR count). The molecule has 0 bridgehead atoms. The van der Waals surface area contributed by atoms with Gasteiger partial charge in [-0.1, -0.05) is 6.07 Å². The van der Waals surface area contributed by atoms with Crippen molar-refractivity contribution in [2.75, 3.05) is 25.5 Å². The molecular weight excluding hydrogens is 554 g/mol. The molecule has 220 valence electrons. The molecule has 0 radical (unpaired) electrons. The highest BCUT2D eigenvalue weighted by Crippen LogP contribution is 2.38. The number of aromatic nitrogens is 2. The van der Waals surface area contributed by atoms with Crippen molar-refractivity contribution in [1.82, 2.24) is 19.4 Å². The maximum atomic E-state index is 14.8. The molecule has 2 atom stereocenters. The first-order valence-electron chi connectivity index (χ1n) is 13.6. The maximum absolute atomic E-state index is 14.8. The summed E-state index contributed by atoms with van der Waals surface area (Å²) in [5.41, 5.74) is 2.66. The Bertz CT molecular complexity index is 1530. The van der Waals surface area contributed by atoms with Crippen LogP contribution in [0, 0.1) is 0 Å². The van der Waals surface area contributed by atoms with E-state index in [9.17, 15) is 22.4 Å². The molecule has 1 aliphatic rings. The summed E-state index contributed by atoms with van der Waals surface area (Å²) in [6.45, 7) is 6.29. The van der Waals surface area contributed by atoms with Crippen molar-refractivity contribution in [2.24, 2.45) is 0 Å². The Morgan fingerprint density at radius 3 is 2.61 bits per heavy atom. The smallest absolute Gasteiger partial charge is 0.379 e. The van der Waals surface area contributed by atoms with Gasteiger partial charge in [-0.05, 0) is 75.5 Å². The normalized spacial score (nSPS) is 18.6. The number of carbonyl (C=O) groups excluding carboxylic acids is 1. The zero-order chi connectivity index (χ0) is 29.5. The highest BCUT2D eigenvalue weighted by atomic mass is 32.1. The molecule has 2 N–H and O–H groups in total. The molecule has 4 aromatic rings. The van der Waals surface area contributed by atoms with Crippen LogP contribution >= 0.6 is 11.3 Å². The third-order valence-electron chi connectivity index (χ3n) is 7.46. The first-order chi connectivity index (χ1) is 19.3. The Labute approximate surface area is 240 Å². The van der Waals surface area contributed by atoms with Crippen LogP contribution in [0.4, 0.5) is 23.2 Å². The first kappa shape index (κ1) is 29.2. The van der Waals surface area contributed by atoms with Gasteiger partial charge < -0.3 is 24.7 Å². The number of carbonyl (C=O) groups is 1. The zero-order valence-corrected chi connectivity index (χ0v) is 24.4. The Kier molecular flexibility index (Phi) is 7.95. The number of hydrogen-bond donors (Lipinski definition) is 2. The largest absolute Gasteiger partial charge is 0.406 e. The molecule has 0 saturated carbocycles. The third-order valence-corrected chi connectivity index (χ3v) is 8.46. The van der Waals surface area contributed by atoms with Crippen molar-refractivity contribution in [1.29, 1.82) is 0 Å². The second kappa shape index (κ2) is 11.2. The van der Waals surface area contributed by atoms with E-state index in [0.29, 0.717) is 45.7 Å². The van der Waals surface area contributed by atoms with Crippen LogP contribution in [0.25, 0.3) is 21.5 Å². The fourth-order valence-corrected chi connectivity index (χ4v) is 6.16. The van der Waals surface area contributed by atoms with Crippen LogP contribution in [0.2, 0.25) is 0 Å². The minimum atomic E-state index is -4.43. The van der Waals surface area contributed by atoms with Gasteiger partial charge in [-0.15, -0.1) is 11.3 Å². The summed E-state index contributed by atoms with van der Waals surface area (Å²) in [6.07, 6.45) is -1.25. The van der Waals surface area contributed by atoms with Crippen LogP contribution in [0.5, 0.6) is 0 Å². The predicted molar refractivity (Wildman–Crippen MR) is 156 cm³/mol. The number of hydrogen-bond acceptors (Lipinski definition) is 4. The van der Waals surface area contributed by atoms with Crippen LogP contribution in [-0.4, -0.2) is 58.5 Å². The number of likely N-dealkylation sites (tertiary alicyclic amines) is 1. The van der Waals surface area contributed by atoms with Gasteiger partial charge >= 0.3 is 6.18 Å². The van der Waals surface area contributed by atoms with Gasteiger partial charge in [0.1, 0.15) is 12.7 Å². The summed E-state index contributed by atoms with van der Waals surface area (Å²) in [5, 5.41) is 8.64. The molecule has 1 fully saturated rings. The molecule has 4 heterocycles. The van der Waals surface area contributed by atoms with Gasteiger partial charge in [0.15, 0.2) is 0 Å². The topological polar surface area (TPSA) is 54.2 Å². The van der Waals surface area contributed by atoms with Crippen LogP contribution in [0.3, 0.4) is 0 Å². The number of amides is 1. The number of nitrogens with one attached hydrogen (secondary N) is 2. The molecule has 1 aliphatic heterocycles. The van der Waals surface area contributed by atoms with Gasteiger partial charge in [0, 0.05) is 48.6 Å². The Morgan fingerprint density at radius 2 is 1.93 bits per heavy atom. The summed E-state index contributed by atoms with van der Waals surface area (Å²) in [7, 11) is 1.87. The Balaban J connectivity index is 1.40. The fourth-order valence-electron chi connectivity index (χ4n) is 5.22. The molecule has 41 heavy (non-hydrogen) atoms. The Morgan fingerprint density at radius 1 is 1.15 bits per heavy atom. The summed E-state index contributed by atoms with van der Waals surface area (Å²) in [5.74, 6) is -0.220. The van der Waals surface area contributed by atoms with E-state index in [1.54, 1.807) is 36.5 Å². The average Bonchev–Trinajstić information content (AvgIpc) is 3.63. The van der Waals surface area contributed by atoms with E-state index in [-0.39, 0.29) is 18.0 Å². The Hall–Kier alpha value is -3.31. The monoisotopic (exact) mass is 589 g/mol. The van der Waals surface area contributed by atoms with Crippen molar-refractivity contribution < 1.29 is 22.4 Å². The lowest BCUT2D eigenvalue weighted by Crippen LogP contribution is -2.46. The van der Waals surface area contributed by atoms with Gasteiger partial charge in [-0.2, -0.15) is 13.2 Å². The summed E-state index contributed by atoms with van der Waals surface area (Å²) < 4.78 is 59.2. The molecule has 1 saturated heterocycles. The minimum Gasteiger partial charge on any atom is -0.379 e. The average molecular weight is 590 g/mol. The van der Waals surface area contributed by atoms with E-state index >= 15 is 0 Å². The standard InChI is InChI=1S/C30H35F4N5OS/c1-29(2,3)38-11-8-20(15-38)28(40)35-14-19-12-27(41-17-19)26-13-21-23(36-24-9-10-37(4)16-22(24)31)6-5-7-25(21)39(26)18-30(32,33)34/h5-8,11-13,15,17,22,24,36H,9-10,14,16,18H2,1-4H3,(H,35,40)/t22-,24+/m0/s1. The molecule has 11 heteroatoms. The van der Waals surface area contributed by atoms with Gasteiger partial charge in [0.05, 0.1) is 27.7 Å². The van der Waals surface area contributed by atoms with Crippen LogP contribution < -0.4 is 10.6 Å². The molecule has 1 amide bonds. The van der Waals surface area contributed by atoms with E-state index in [1.165, 1.54) is 15.9 Å². The minimum absolute atomic E-state index is 0.147. The number of benzene rings is 1. The predicted octanol–water partition coefficient (Wildman–Crippen LogP) is 6.87. The van der Waals surface area contributed by atoms with E-state index in [1.807, 2.05) is 54.9 Å². The summed E-state index contributed by atoms with van der Waals surface area (Å²) in [4.78, 5) is 15.3. The van der Waals surface area contributed by atoms with Crippen molar-refractivity contribution in [3.63, 3.8) is 0 Å². The lowest BCUT2D eigenvalue weighted by Gasteiger charge is -2.33. The quantitative estimate of drug-likeness (QED) is 0.231. The molecule has 0 unspecified atom stereocenters. The lowest BCUT2D eigenvalue weighted by molar-refractivity contribution is -0.139. The summed E-state index contributed by atoms with van der Waals surface area (Å²) in [6, 6.07) is 10.1. The third kappa shape index (κ3) is 6.62. The molecule has 3 aromatic heterocycles. The number of piperidine rings is 1. The molecule has 1 aromatic carbocycles. The van der Waals surface area contributed by atoms with Crippen LogP contribution in [0.1, 0.15) is 43.1 Å². The van der Waals surface area contributed by atoms with E-state index in [4.69, 9.17) is 0 Å². The second-order valence-electron chi connectivity index (χ2n) is 11.8. The summed E-state index contributed by atoms with van der Waals surface area (Å²) >= 11 is 1.33. The van der Waals surface area contributed by atoms with Crippen molar-refractivity contribution in [3.05, 3.63) is 65.3 Å². The van der Waals surface area contributed by atoms with Crippen molar-refractivity contribution in [3.8, 4) is 10.6 Å². The molecule has 6 nitrogen and oxygen atoms in total. The van der Waals surface area contributed by atoms with Crippen LogP contribution in [0.15, 0.2) is 54.2 Å². The van der Waals surface area contributed by atoms with Crippen LogP contribution in [-0.2, 0) is 18.6 Å². The first-order valence-corrected chi connectivity index (χ1v) is 14.5. The molecular formula is C30H35F4N5OS. The van der Waals surface area contributed by atoms with Gasteiger partial charge in [-0.3, -0.25) is 4.79 Å². The SMILES string of the molecule is CN1CC[C@@H](Nc2cccc3c2cc(-c2cc(CNC(=O)c4ccn(C(C)(C)C)c4)cs2)n3CC(F)(F)F)[C@@H](F)C1. The molecule has 0 spiro atoms. The van der Waals surface area contributed by atoms with Gasteiger partial charge in [0.2, 0.25) is 0 Å². The number of nitrogens with zero attached hydrogens (tertiary/aromatic N) is 3. The number of thiophene rings is 1. The highest BCUT2D eigenvalue weighted by Gasteiger charge is 2.32. The van der Waals surface area contributed by atoms with E-state index in [2.05, 4.69) is 10.6 Å². The number of rotatable bonds is 7. The molecule has 0 aliphatic carbocycles. The van der Waals surface area contributed by atoms with Gasteiger partial charge in [-0.25, -0.2) is 4.39 Å². The second-order valence-corrected chi connectivity index (χ2v) is 12.7.